The number of amides is 1. The highest BCUT2D eigenvalue weighted by Gasteiger charge is 2.05. The fourth-order valence-corrected chi connectivity index (χ4v) is 1.90. The molecule has 0 atom stereocenters. The number of benzene rings is 1. The Morgan fingerprint density at radius 1 is 1.41 bits per heavy atom. The maximum Gasteiger partial charge on any atom is 0.233 e. The number of nitrogens with one attached hydrogen (secondary N) is 1. The lowest BCUT2D eigenvalue weighted by Gasteiger charge is -2.21. The second-order valence-electron chi connectivity index (χ2n) is 4.38. The molecule has 0 aliphatic rings. The number of carbonyl (C=O) groups is 1. The molecule has 0 radical (unpaired) electrons. The van der Waals surface area contributed by atoms with Crippen molar-refractivity contribution in [2.45, 2.75) is 26.7 Å². The zero-order valence-electron chi connectivity index (χ0n) is 10.8. The molecule has 1 aromatic carbocycles. The molecule has 0 spiro atoms. The monoisotopic (exact) mass is 235 g/mol. The molecule has 0 saturated heterocycles. The molecule has 1 aromatic rings. The third-order valence-corrected chi connectivity index (χ3v) is 2.82. The Labute approximate surface area is 103 Å². The van der Waals surface area contributed by atoms with Gasteiger partial charge in [-0.2, -0.15) is 0 Å². The Morgan fingerprint density at radius 3 is 2.71 bits per heavy atom. The van der Waals surface area contributed by atoms with Crippen LogP contribution in [0.5, 0.6) is 0 Å². The lowest BCUT2D eigenvalue weighted by Crippen LogP contribution is -2.30. The number of aryl methyl sites for hydroxylation is 2. The van der Waals surface area contributed by atoms with Gasteiger partial charge in [0.15, 0.2) is 0 Å². The Hall–Kier alpha value is -1.55. The van der Waals surface area contributed by atoms with Crippen molar-refractivity contribution in [3.8, 4) is 0 Å². The van der Waals surface area contributed by atoms with Gasteiger partial charge < -0.3 is 4.90 Å². The molecule has 0 heterocycles. The lowest BCUT2D eigenvalue weighted by molar-refractivity contribution is -0.121. The van der Waals surface area contributed by atoms with Crippen LogP contribution >= 0.6 is 0 Å². The summed E-state index contributed by atoms with van der Waals surface area (Å²) in [5.41, 5.74) is 5.88. The number of carbonyl (C=O) groups excluding carboxylic acids is 1. The zero-order valence-corrected chi connectivity index (χ0v) is 10.8. The van der Waals surface area contributed by atoms with Crippen LogP contribution in [0, 0.1) is 13.8 Å². The van der Waals surface area contributed by atoms with Crippen LogP contribution in [-0.4, -0.2) is 19.5 Å². The van der Waals surface area contributed by atoms with E-state index in [1.54, 1.807) is 0 Å². The van der Waals surface area contributed by atoms with Crippen molar-refractivity contribution in [2.24, 2.45) is 5.84 Å². The Kier molecular flexibility index (Phi) is 4.97. The van der Waals surface area contributed by atoms with E-state index in [1.165, 1.54) is 16.8 Å². The van der Waals surface area contributed by atoms with E-state index in [0.717, 1.165) is 13.0 Å². The molecule has 1 amide bonds. The van der Waals surface area contributed by atoms with E-state index in [2.05, 4.69) is 42.4 Å². The maximum absolute atomic E-state index is 11.0. The maximum atomic E-state index is 11.0. The van der Waals surface area contributed by atoms with E-state index in [1.807, 2.05) is 7.05 Å². The van der Waals surface area contributed by atoms with Gasteiger partial charge in [-0.05, 0) is 31.9 Å². The highest BCUT2D eigenvalue weighted by molar-refractivity contribution is 5.75. The van der Waals surface area contributed by atoms with Crippen molar-refractivity contribution in [1.29, 1.82) is 0 Å². The van der Waals surface area contributed by atoms with Crippen molar-refractivity contribution in [2.75, 3.05) is 18.5 Å². The second kappa shape index (κ2) is 6.25. The summed E-state index contributed by atoms with van der Waals surface area (Å²) in [6.45, 7) is 5.03. The summed E-state index contributed by atoms with van der Waals surface area (Å²) in [5, 5.41) is 0. The quantitative estimate of drug-likeness (QED) is 0.462. The molecule has 0 saturated carbocycles. The van der Waals surface area contributed by atoms with Gasteiger partial charge in [0.1, 0.15) is 0 Å². The molecule has 0 aliphatic carbocycles. The minimum Gasteiger partial charge on any atom is -0.374 e. The summed E-state index contributed by atoms with van der Waals surface area (Å²) >= 11 is 0. The van der Waals surface area contributed by atoms with Crippen molar-refractivity contribution in [3.63, 3.8) is 0 Å². The number of nitrogens with two attached hydrogens (primary N) is 1. The van der Waals surface area contributed by atoms with Crippen LogP contribution in [0.3, 0.4) is 0 Å². The van der Waals surface area contributed by atoms with Gasteiger partial charge in [0.2, 0.25) is 5.91 Å². The SMILES string of the molecule is Cc1ccc(N(C)CCCC(=O)NN)c(C)c1. The summed E-state index contributed by atoms with van der Waals surface area (Å²) in [7, 11) is 2.04. The normalized spacial score (nSPS) is 10.1. The first-order valence-electron chi connectivity index (χ1n) is 5.82. The van der Waals surface area contributed by atoms with Gasteiger partial charge in [0, 0.05) is 25.7 Å². The van der Waals surface area contributed by atoms with Crippen LogP contribution in [0.1, 0.15) is 24.0 Å². The molecule has 0 aromatic heterocycles. The number of rotatable bonds is 5. The van der Waals surface area contributed by atoms with Crippen molar-refractivity contribution in [1.82, 2.24) is 5.43 Å². The van der Waals surface area contributed by atoms with Crippen molar-refractivity contribution < 1.29 is 4.79 Å². The van der Waals surface area contributed by atoms with E-state index >= 15 is 0 Å². The second-order valence-corrected chi connectivity index (χ2v) is 4.38. The van der Waals surface area contributed by atoms with E-state index < -0.39 is 0 Å². The highest BCUT2D eigenvalue weighted by atomic mass is 16.2. The van der Waals surface area contributed by atoms with E-state index in [-0.39, 0.29) is 5.91 Å². The van der Waals surface area contributed by atoms with E-state index in [4.69, 9.17) is 5.84 Å². The summed E-state index contributed by atoms with van der Waals surface area (Å²) in [4.78, 5) is 13.2. The first-order chi connectivity index (χ1) is 8.04. The first-order valence-corrected chi connectivity index (χ1v) is 5.82. The molecule has 1 rings (SSSR count). The van der Waals surface area contributed by atoms with Crippen LogP contribution in [0.15, 0.2) is 18.2 Å². The number of hydrogen-bond acceptors (Lipinski definition) is 3. The molecule has 17 heavy (non-hydrogen) atoms. The molecule has 0 aliphatic heterocycles. The van der Waals surface area contributed by atoms with Gasteiger partial charge in [-0.1, -0.05) is 17.7 Å². The summed E-state index contributed by atoms with van der Waals surface area (Å²) < 4.78 is 0. The predicted octanol–water partition coefficient (Wildman–Crippen LogP) is 1.51. The molecule has 3 N–H and O–H groups in total. The number of nitrogens with zero attached hydrogens (tertiary/aromatic N) is 1. The average Bonchev–Trinajstić information content (AvgIpc) is 2.28. The van der Waals surface area contributed by atoms with Crippen molar-refractivity contribution in [3.05, 3.63) is 29.3 Å². The zero-order chi connectivity index (χ0) is 12.8. The van der Waals surface area contributed by atoms with Gasteiger partial charge in [0.25, 0.3) is 0 Å². The fourth-order valence-electron chi connectivity index (χ4n) is 1.90. The average molecular weight is 235 g/mol. The molecular formula is C13H21N3O. The smallest absolute Gasteiger partial charge is 0.233 e. The summed E-state index contributed by atoms with van der Waals surface area (Å²) in [6, 6.07) is 6.39. The number of anilines is 1. The van der Waals surface area contributed by atoms with Gasteiger partial charge in [-0.3, -0.25) is 10.2 Å². The van der Waals surface area contributed by atoms with Crippen LogP contribution < -0.4 is 16.2 Å². The summed E-state index contributed by atoms with van der Waals surface area (Å²) in [5.74, 6) is 4.92. The molecule has 0 fully saturated rings. The first kappa shape index (κ1) is 13.5. The van der Waals surface area contributed by atoms with Gasteiger partial charge in [-0.25, -0.2) is 5.84 Å². The van der Waals surface area contributed by atoms with Crippen LogP contribution in [0.2, 0.25) is 0 Å². The molecule has 4 nitrogen and oxygen atoms in total. The Balaban J connectivity index is 2.52. The number of hydrazine groups is 1. The predicted molar refractivity (Wildman–Crippen MR) is 70.8 cm³/mol. The van der Waals surface area contributed by atoms with Crippen LogP contribution in [0.4, 0.5) is 5.69 Å². The van der Waals surface area contributed by atoms with Crippen LogP contribution in [0.25, 0.3) is 0 Å². The standard InChI is InChI=1S/C13H21N3O/c1-10-6-7-12(11(2)9-10)16(3)8-4-5-13(17)15-14/h6-7,9H,4-5,8,14H2,1-3H3,(H,15,17). The third-order valence-electron chi connectivity index (χ3n) is 2.82. The summed E-state index contributed by atoms with van der Waals surface area (Å²) in [6.07, 6.45) is 1.26. The van der Waals surface area contributed by atoms with Crippen molar-refractivity contribution >= 4 is 11.6 Å². The van der Waals surface area contributed by atoms with Crippen LogP contribution in [-0.2, 0) is 4.79 Å². The highest BCUT2D eigenvalue weighted by Crippen LogP contribution is 2.20. The fraction of sp³-hybridized carbons (Fsp3) is 0.462. The van der Waals surface area contributed by atoms with Gasteiger partial charge >= 0.3 is 0 Å². The minimum atomic E-state index is -0.112. The minimum absolute atomic E-state index is 0.112. The number of hydrogen-bond donors (Lipinski definition) is 2. The van der Waals surface area contributed by atoms with Gasteiger partial charge in [-0.15, -0.1) is 0 Å². The lowest BCUT2D eigenvalue weighted by atomic mass is 10.1. The van der Waals surface area contributed by atoms with E-state index in [0.29, 0.717) is 6.42 Å². The Morgan fingerprint density at radius 2 is 2.12 bits per heavy atom. The topological polar surface area (TPSA) is 58.4 Å². The molecular weight excluding hydrogens is 214 g/mol. The van der Waals surface area contributed by atoms with Gasteiger partial charge in [0.05, 0.1) is 0 Å². The molecule has 0 bridgehead atoms. The van der Waals surface area contributed by atoms with E-state index in [9.17, 15) is 4.79 Å². The largest absolute Gasteiger partial charge is 0.374 e. The molecule has 4 heteroatoms. The molecule has 94 valence electrons. The molecule has 0 unspecified atom stereocenters. The Bertz CT molecular complexity index is 390. The third kappa shape index (κ3) is 4.07.